The highest BCUT2D eigenvalue weighted by Crippen LogP contribution is 2.16. The fourth-order valence-corrected chi connectivity index (χ4v) is 2.14. The smallest absolute Gasteiger partial charge is 0.291 e. The zero-order chi connectivity index (χ0) is 17.5. The van der Waals surface area contributed by atoms with E-state index in [1.807, 2.05) is 24.3 Å². The van der Waals surface area contributed by atoms with Gasteiger partial charge in [0.25, 0.3) is 5.91 Å². The molecule has 0 aromatic heterocycles. The maximum Gasteiger partial charge on any atom is 0.291 e. The quantitative estimate of drug-likeness (QED) is 0.789. The molecule has 0 aliphatic rings. The third-order valence-electron chi connectivity index (χ3n) is 3.46. The topological polar surface area (TPSA) is 55.4 Å². The minimum atomic E-state index is -0.950. The summed E-state index contributed by atoms with van der Waals surface area (Å²) in [6.45, 7) is 0. The zero-order valence-corrected chi connectivity index (χ0v) is 13.1. The van der Waals surface area contributed by atoms with Crippen LogP contribution in [0.1, 0.15) is 18.4 Å². The first-order valence-electron chi connectivity index (χ1n) is 7.42. The van der Waals surface area contributed by atoms with Crippen molar-refractivity contribution in [2.45, 2.75) is 19.3 Å². The molecule has 2 aromatic rings. The fraction of sp³-hybridized carbons (Fsp3) is 0.222. The number of amides is 1. The number of rotatable bonds is 7. The minimum Gasteiger partial charge on any atom is -0.497 e. The number of carbonyl (C=O) groups excluding carboxylic acids is 2. The second-order valence-electron chi connectivity index (χ2n) is 5.20. The second-order valence-corrected chi connectivity index (χ2v) is 5.20. The molecule has 0 atom stereocenters. The van der Waals surface area contributed by atoms with Crippen LogP contribution in [0.25, 0.3) is 0 Å². The van der Waals surface area contributed by atoms with E-state index in [2.05, 4.69) is 5.32 Å². The number of hydrogen-bond donors (Lipinski definition) is 1. The van der Waals surface area contributed by atoms with Crippen molar-refractivity contribution in [1.82, 2.24) is 0 Å². The van der Waals surface area contributed by atoms with Gasteiger partial charge in [-0.3, -0.25) is 9.59 Å². The molecule has 0 fully saturated rings. The number of aryl methyl sites for hydroxylation is 1. The van der Waals surface area contributed by atoms with Crippen LogP contribution in [0.5, 0.6) is 5.75 Å². The van der Waals surface area contributed by atoms with E-state index in [0.29, 0.717) is 12.8 Å². The van der Waals surface area contributed by atoms with E-state index in [-0.39, 0.29) is 12.1 Å². The average Bonchev–Trinajstić information content (AvgIpc) is 2.58. The molecule has 2 rings (SSSR count). The summed E-state index contributed by atoms with van der Waals surface area (Å²) in [5.74, 6) is -2.37. The van der Waals surface area contributed by atoms with Gasteiger partial charge in [-0.15, -0.1) is 0 Å². The van der Waals surface area contributed by atoms with Crippen molar-refractivity contribution in [1.29, 1.82) is 0 Å². The minimum absolute atomic E-state index is 0.0226. The predicted octanol–water partition coefficient (Wildman–Crippen LogP) is 3.50. The molecule has 2 aromatic carbocycles. The molecule has 0 saturated carbocycles. The van der Waals surface area contributed by atoms with Crippen LogP contribution in [0.2, 0.25) is 0 Å². The monoisotopic (exact) mass is 333 g/mol. The van der Waals surface area contributed by atoms with Crippen molar-refractivity contribution in [3.05, 3.63) is 59.7 Å². The van der Waals surface area contributed by atoms with Gasteiger partial charge in [0, 0.05) is 12.5 Å². The lowest BCUT2D eigenvalue weighted by molar-refractivity contribution is -0.134. The van der Waals surface area contributed by atoms with Crippen LogP contribution in [-0.4, -0.2) is 18.8 Å². The number of Topliss-reactive ketones (excluding diaryl/α,β-unsaturated/α-hetero) is 1. The lowest BCUT2D eigenvalue weighted by atomic mass is 10.1. The van der Waals surface area contributed by atoms with Gasteiger partial charge in [-0.05, 0) is 42.7 Å². The number of ether oxygens (including phenoxy) is 1. The Kier molecular flexibility index (Phi) is 6.01. The maximum absolute atomic E-state index is 13.4. The molecule has 0 spiro atoms. The summed E-state index contributed by atoms with van der Waals surface area (Å²) in [4.78, 5) is 23.5. The van der Waals surface area contributed by atoms with Crippen molar-refractivity contribution in [3.8, 4) is 5.75 Å². The van der Waals surface area contributed by atoms with Crippen LogP contribution in [0.3, 0.4) is 0 Å². The van der Waals surface area contributed by atoms with Crippen LogP contribution in [0, 0.1) is 11.6 Å². The first-order chi connectivity index (χ1) is 11.5. The van der Waals surface area contributed by atoms with Crippen molar-refractivity contribution < 1.29 is 23.1 Å². The highest BCUT2D eigenvalue weighted by molar-refractivity contribution is 6.40. The van der Waals surface area contributed by atoms with Crippen molar-refractivity contribution >= 4 is 17.4 Å². The molecular formula is C18H17F2NO3. The van der Waals surface area contributed by atoms with Crippen LogP contribution >= 0.6 is 0 Å². The number of anilines is 1. The maximum atomic E-state index is 13.4. The largest absolute Gasteiger partial charge is 0.497 e. The number of ketones is 1. The molecular weight excluding hydrogens is 316 g/mol. The standard InChI is InChI=1S/C18H17F2NO3/c1-24-14-8-5-12(6-9-14)3-2-4-17(22)18(23)21-16-11-13(19)7-10-15(16)20/h5-11H,2-4H2,1H3,(H,21,23). The van der Waals surface area contributed by atoms with Gasteiger partial charge in [-0.25, -0.2) is 8.78 Å². The number of halogens is 2. The Hall–Kier alpha value is -2.76. The third-order valence-corrected chi connectivity index (χ3v) is 3.46. The van der Waals surface area contributed by atoms with Gasteiger partial charge < -0.3 is 10.1 Å². The van der Waals surface area contributed by atoms with Gasteiger partial charge >= 0.3 is 0 Å². The second kappa shape index (κ2) is 8.19. The van der Waals surface area contributed by atoms with Gasteiger partial charge in [-0.1, -0.05) is 12.1 Å². The van der Waals surface area contributed by atoms with Crippen LogP contribution in [0.15, 0.2) is 42.5 Å². The number of carbonyl (C=O) groups is 2. The zero-order valence-electron chi connectivity index (χ0n) is 13.1. The Morgan fingerprint density at radius 2 is 1.79 bits per heavy atom. The van der Waals surface area contributed by atoms with E-state index in [1.54, 1.807) is 7.11 Å². The van der Waals surface area contributed by atoms with Crippen molar-refractivity contribution in [3.63, 3.8) is 0 Å². The molecule has 0 aliphatic carbocycles. The molecule has 0 aliphatic heterocycles. The Morgan fingerprint density at radius 3 is 2.46 bits per heavy atom. The Bertz CT molecular complexity index is 730. The molecule has 0 radical (unpaired) electrons. The molecule has 0 saturated heterocycles. The number of nitrogens with one attached hydrogen (secondary N) is 1. The van der Waals surface area contributed by atoms with Crippen molar-refractivity contribution in [2.24, 2.45) is 0 Å². The molecule has 4 nitrogen and oxygen atoms in total. The van der Waals surface area contributed by atoms with E-state index in [9.17, 15) is 18.4 Å². The highest BCUT2D eigenvalue weighted by Gasteiger charge is 2.15. The van der Waals surface area contributed by atoms with E-state index >= 15 is 0 Å². The number of hydrogen-bond acceptors (Lipinski definition) is 3. The summed E-state index contributed by atoms with van der Waals surface area (Å²) in [5, 5.41) is 2.09. The molecule has 0 heterocycles. The molecule has 24 heavy (non-hydrogen) atoms. The lowest BCUT2D eigenvalue weighted by Crippen LogP contribution is -2.23. The molecule has 0 unspecified atom stereocenters. The normalized spacial score (nSPS) is 10.3. The molecule has 126 valence electrons. The Labute approximate surface area is 138 Å². The summed E-state index contributed by atoms with van der Waals surface area (Å²) in [7, 11) is 1.58. The SMILES string of the molecule is COc1ccc(CCCC(=O)C(=O)Nc2cc(F)ccc2F)cc1. The number of methoxy groups -OCH3 is 1. The molecule has 1 amide bonds. The fourth-order valence-electron chi connectivity index (χ4n) is 2.14. The van der Waals surface area contributed by atoms with Crippen LogP contribution in [0.4, 0.5) is 14.5 Å². The lowest BCUT2D eigenvalue weighted by Gasteiger charge is -2.06. The Morgan fingerprint density at radius 1 is 1.08 bits per heavy atom. The van der Waals surface area contributed by atoms with Gasteiger partial charge in [0.1, 0.15) is 17.4 Å². The van der Waals surface area contributed by atoms with Gasteiger partial charge in [-0.2, -0.15) is 0 Å². The molecule has 6 heteroatoms. The van der Waals surface area contributed by atoms with Crippen molar-refractivity contribution in [2.75, 3.05) is 12.4 Å². The average molecular weight is 333 g/mol. The summed E-state index contributed by atoms with van der Waals surface area (Å²) in [6.07, 6.45) is 1.12. The summed E-state index contributed by atoms with van der Waals surface area (Å²) >= 11 is 0. The van der Waals surface area contributed by atoms with Crippen LogP contribution < -0.4 is 10.1 Å². The molecule has 1 N–H and O–H groups in total. The summed E-state index contributed by atoms with van der Waals surface area (Å²) < 4.78 is 31.5. The van der Waals surface area contributed by atoms with Gasteiger partial charge in [0.15, 0.2) is 0 Å². The predicted molar refractivity (Wildman–Crippen MR) is 85.9 cm³/mol. The number of benzene rings is 2. The van der Waals surface area contributed by atoms with Gasteiger partial charge in [0.05, 0.1) is 12.8 Å². The van der Waals surface area contributed by atoms with Gasteiger partial charge in [0.2, 0.25) is 5.78 Å². The van der Waals surface area contributed by atoms with E-state index in [0.717, 1.165) is 29.5 Å². The van der Waals surface area contributed by atoms with E-state index in [4.69, 9.17) is 4.74 Å². The Balaban J connectivity index is 1.83. The molecule has 0 bridgehead atoms. The van der Waals surface area contributed by atoms with Crippen LogP contribution in [-0.2, 0) is 16.0 Å². The summed E-state index contributed by atoms with van der Waals surface area (Å²) in [5.41, 5.74) is 0.670. The third kappa shape index (κ3) is 4.87. The summed E-state index contributed by atoms with van der Waals surface area (Å²) in [6, 6.07) is 10.0. The van der Waals surface area contributed by atoms with E-state index in [1.165, 1.54) is 0 Å². The van der Waals surface area contributed by atoms with E-state index < -0.39 is 23.3 Å². The highest BCUT2D eigenvalue weighted by atomic mass is 19.1. The first-order valence-corrected chi connectivity index (χ1v) is 7.42. The first kappa shape index (κ1) is 17.6.